The first-order valence-corrected chi connectivity index (χ1v) is 11.1. The van der Waals surface area contributed by atoms with Crippen molar-refractivity contribution in [3.05, 3.63) is 71.4 Å². The molecule has 32 heavy (non-hydrogen) atoms. The number of hydrogen-bond acceptors (Lipinski definition) is 3. The molecule has 1 amide bonds. The lowest BCUT2D eigenvalue weighted by molar-refractivity contribution is -0.133. The minimum absolute atomic E-state index is 0.0844. The van der Waals surface area contributed by atoms with Gasteiger partial charge in [0, 0.05) is 18.0 Å². The highest BCUT2D eigenvalue weighted by molar-refractivity contribution is 5.81. The third-order valence-electron chi connectivity index (χ3n) is 5.98. The number of rotatable bonds is 8. The molecule has 2 aliphatic rings. The predicted octanol–water partition coefficient (Wildman–Crippen LogP) is 5.41. The van der Waals surface area contributed by atoms with Crippen LogP contribution in [-0.4, -0.2) is 26.6 Å². The summed E-state index contributed by atoms with van der Waals surface area (Å²) in [4.78, 5) is 14.9. The molecule has 5 rings (SSSR count). The van der Waals surface area contributed by atoms with E-state index in [0.29, 0.717) is 18.8 Å². The number of carbonyl (C=O) groups excluding carboxylic acids is 1. The van der Waals surface area contributed by atoms with Gasteiger partial charge in [0.25, 0.3) is 0 Å². The van der Waals surface area contributed by atoms with Gasteiger partial charge in [0.05, 0.1) is 23.5 Å². The molecule has 2 saturated carbocycles. The lowest BCUT2D eigenvalue weighted by Crippen LogP contribution is -2.34. The van der Waals surface area contributed by atoms with Crippen molar-refractivity contribution in [1.29, 1.82) is 0 Å². The summed E-state index contributed by atoms with van der Waals surface area (Å²) in [6, 6.07) is 12.9. The van der Waals surface area contributed by atoms with Crippen LogP contribution in [0, 0.1) is 17.6 Å². The second kappa shape index (κ2) is 8.37. The summed E-state index contributed by atoms with van der Waals surface area (Å²) in [5.41, 5.74) is 2.32. The van der Waals surface area contributed by atoms with Crippen LogP contribution in [0.2, 0.25) is 0 Å². The summed E-state index contributed by atoms with van der Waals surface area (Å²) < 4.78 is 35.6. The molecule has 166 valence electrons. The zero-order chi connectivity index (χ0) is 22.2. The van der Waals surface area contributed by atoms with E-state index in [-0.39, 0.29) is 23.6 Å². The van der Waals surface area contributed by atoms with Crippen molar-refractivity contribution < 1.29 is 18.3 Å². The molecular formula is C25H25F2N3O2. The maximum Gasteiger partial charge on any atom is 0.228 e. The van der Waals surface area contributed by atoms with Crippen molar-refractivity contribution in [1.82, 2.24) is 14.7 Å². The second-order valence-electron chi connectivity index (χ2n) is 8.48. The van der Waals surface area contributed by atoms with Crippen molar-refractivity contribution in [3.8, 4) is 17.3 Å². The monoisotopic (exact) mass is 437 g/mol. The van der Waals surface area contributed by atoms with Crippen molar-refractivity contribution in [2.45, 2.75) is 51.6 Å². The molecule has 0 unspecified atom stereocenters. The third-order valence-corrected chi connectivity index (χ3v) is 5.98. The van der Waals surface area contributed by atoms with Gasteiger partial charge in [0.15, 0.2) is 11.6 Å². The van der Waals surface area contributed by atoms with E-state index in [1.807, 2.05) is 42.2 Å². The number of halogens is 2. The van der Waals surface area contributed by atoms with E-state index in [2.05, 4.69) is 0 Å². The van der Waals surface area contributed by atoms with Gasteiger partial charge in [-0.15, -0.1) is 0 Å². The summed E-state index contributed by atoms with van der Waals surface area (Å²) in [6.45, 7) is 2.36. The normalized spacial score (nSPS) is 15.6. The van der Waals surface area contributed by atoms with Crippen LogP contribution < -0.4 is 4.74 Å². The van der Waals surface area contributed by atoms with E-state index in [1.165, 1.54) is 6.07 Å². The molecule has 0 saturated heterocycles. The van der Waals surface area contributed by atoms with Gasteiger partial charge in [-0.05, 0) is 56.4 Å². The van der Waals surface area contributed by atoms with E-state index < -0.39 is 11.6 Å². The Morgan fingerprint density at radius 1 is 1.12 bits per heavy atom. The van der Waals surface area contributed by atoms with Gasteiger partial charge in [0.1, 0.15) is 5.82 Å². The minimum Gasteiger partial charge on any atom is -0.435 e. The molecule has 3 aromatic rings. The fraction of sp³-hybridized carbons (Fsp3) is 0.360. The fourth-order valence-electron chi connectivity index (χ4n) is 3.94. The van der Waals surface area contributed by atoms with Gasteiger partial charge in [-0.3, -0.25) is 4.79 Å². The molecule has 2 aromatic carbocycles. The zero-order valence-corrected chi connectivity index (χ0v) is 17.9. The molecule has 1 aromatic heterocycles. The average molecular weight is 437 g/mol. The summed E-state index contributed by atoms with van der Waals surface area (Å²) in [6.07, 6.45) is 4.50. The number of nitrogens with zero attached hydrogens (tertiary/aromatic N) is 3. The van der Waals surface area contributed by atoms with Crippen LogP contribution in [0.4, 0.5) is 8.78 Å². The standard InChI is InChI=1S/C25H25F2N3O2/c1-2-22-20(15-29(18-11-12-18)24(31)16-8-9-16)25(30(28-22)19-6-4-3-5-7-19)32-23-13-10-17(26)14-21(23)27/h3-7,10,13-14,16,18H,2,8-9,11-12,15H2,1H3. The first-order valence-electron chi connectivity index (χ1n) is 11.1. The lowest BCUT2D eigenvalue weighted by Gasteiger charge is -2.23. The highest BCUT2D eigenvalue weighted by Gasteiger charge is 2.41. The van der Waals surface area contributed by atoms with Crippen molar-refractivity contribution >= 4 is 5.91 Å². The van der Waals surface area contributed by atoms with Gasteiger partial charge in [0.2, 0.25) is 11.8 Å². The summed E-state index contributed by atoms with van der Waals surface area (Å²) in [7, 11) is 0. The molecule has 5 nitrogen and oxygen atoms in total. The van der Waals surface area contributed by atoms with Crippen molar-refractivity contribution in [3.63, 3.8) is 0 Å². The Morgan fingerprint density at radius 3 is 2.50 bits per heavy atom. The second-order valence-corrected chi connectivity index (χ2v) is 8.48. The maximum atomic E-state index is 14.5. The first-order chi connectivity index (χ1) is 15.5. The number of aromatic nitrogens is 2. The Bertz CT molecular complexity index is 1140. The highest BCUT2D eigenvalue weighted by atomic mass is 19.1. The maximum absolute atomic E-state index is 14.5. The van der Waals surface area contributed by atoms with Gasteiger partial charge in [-0.25, -0.2) is 13.5 Å². The number of para-hydroxylation sites is 1. The first kappa shape index (κ1) is 20.7. The molecule has 7 heteroatoms. The number of benzene rings is 2. The van der Waals surface area contributed by atoms with Gasteiger partial charge in [-0.1, -0.05) is 25.1 Å². The summed E-state index contributed by atoms with van der Waals surface area (Å²) >= 11 is 0. The number of amides is 1. The van der Waals surface area contributed by atoms with E-state index >= 15 is 0 Å². The molecule has 0 N–H and O–H groups in total. The molecule has 0 aliphatic heterocycles. The zero-order valence-electron chi connectivity index (χ0n) is 17.9. The SMILES string of the molecule is CCc1nn(-c2ccccc2)c(Oc2ccc(F)cc2F)c1CN(C(=O)C1CC1)C1CC1. The number of aryl methyl sites for hydroxylation is 1. The Labute approximate surface area is 185 Å². The Morgan fingerprint density at radius 2 is 1.88 bits per heavy atom. The largest absolute Gasteiger partial charge is 0.435 e. The van der Waals surface area contributed by atoms with Crippen LogP contribution in [0.1, 0.15) is 43.9 Å². The van der Waals surface area contributed by atoms with Gasteiger partial charge in [-0.2, -0.15) is 5.10 Å². The topological polar surface area (TPSA) is 47.4 Å². The summed E-state index contributed by atoms with van der Waals surface area (Å²) in [5.74, 6) is -0.893. The number of carbonyl (C=O) groups is 1. The van der Waals surface area contributed by atoms with Crippen LogP contribution >= 0.6 is 0 Å². The smallest absolute Gasteiger partial charge is 0.228 e. The van der Waals surface area contributed by atoms with E-state index in [9.17, 15) is 13.6 Å². The van der Waals surface area contributed by atoms with Crippen molar-refractivity contribution in [2.75, 3.05) is 0 Å². The van der Waals surface area contributed by atoms with E-state index in [4.69, 9.17) is 9.84 Å². The van der Waals surface area contributed by atoms with E-state index in [1.54, 1.807) is 4.68 Å². The van der Waals surface area contributed by atoms with E-state index in [0.717, 1.165) is 54.8 Å². The molecule has 1 heterocycles. The average Bonchev–Trinajstić information content (AvgIpc) is 3.71. The lowest BCUT2D eigenvalue weighted by atomic mass is 10.1. The summed E-state index contributed by atoms with van der Waals surface area (Å²) in [5, 5.41) is 4.75. The van der Waals surface area contributed by atoms with Crippen molar-refractivity contribution in [2.24, 2.45) is 5.92 Å². The van der Waals surface area contributed by atoms with Crippen LogP contribution in [0.15, 0.2) is 48.5 Å². The molecule has 2 aliphatic carbocycles. The fourth-order valence-corrected chi connectivity index (χ4v) is 3.94. The predicted molar refractivity (Wildman–Crippen MR) is 116 cm³/mol. The molecule has 0 atom stereocenters. The quantitative estimate of drug-likeness (QED) is 0.474. The third kappa shape index (κ3) is 4.11. The molecule has 0 spiro atoms. The van der Waals surface area contributed by atoms with Crippen LogP contribution in [0.3, 0.4) is 0 Å². The Balaban J connectivity index is 1.59. The molecular weight excluding hydrogens is 412 g/mol. The number of hydrogen-bond donors (Lipinski definition) is 0. The molecule has 0 bridgehead atoms. The van der Waals surface area contributed by atoms with Gasteiger partial charge < -0.3 is 9.64 Å². The highest BCUT2D eigenvalue weighted by Crippen LogP contribution is 2.39. The van der Waals surface area contributed by atoms with Gasteiger partial charge >= 0.3 is 0 Å². The van der Waals surface area contributed by atoms with Crippen LogP contribution in [-0.2, 0) is 17.8 Å². The van der Waals surface area contributed by atoms with Crippen LogP contribution in [0.25, 0.3) is 5.69 Å². The molecule has 0 radical (unpaired) electrons. The Kier molecular flexibility index (Phi) is 5.41. The number of ether oxygens (including phenoxy) is 1. The van der Waals surface area contributed by atoms with Crippen LogP contribution in [0.5, 0.6) is 11.6 Å². The minimum atomic E-state index is -0.789. The molecule has 2 fully saturated rings. The Hall–Kier alpha value is -3.22.